The summed E-state index contributed by atoms with van der Waals surface area (Å²) < 4.78 is 23.2. The third-order valence-electron chi connectivity index (χ3n) is 4.64. The Morgan fingerprint density at radius 2 is 1.62 bits per heavy atom. The number of hydrogen-bond donors (Lipinski definition) is 1. The minimum absolute atomic E-state index is 0.300. The van der Waals surface area contributed by atoms with Crippen molar-refractivity contribution in [2.24, 2.45) is 10.9 Å². The van der Waals surface area contributed by atoms with Gasteiger partial charge in [0.1, 0.15) is 0 Å². The molecule has 0 aromatic heterocycles. The zero-order valence-corrected chi connectivity index (χ0v) is 15.7. The maximum absolute atomic E-state index is 11.6. The molecule has 2 aromatic carbocycles. The van der Waals surface area contributed by atoms with E-state index in [0.717, 1.165) is 37.5 Å². The van der Waals surface area contributed by atoms with E-state index in [1.54, 1.807) is 24.3 Å². The van der Waals surface area contributed by atoms with Gasteiger partial charge in [-0.15, -0.1) is 0 Å². The molecule has 138 valence electrons. The lowest BCUT2D eigenvalue weighted by molar-refractivity contribution is 0.292. The predicted molar refractivity (Wildman–Crippen MR) is 105 cm³/mol. The normalized spacial score (nSPS) is 16.7. The van der Waals surface area contributed by atoms with Gasteiger partial charge in [0.05, 0.1) is 10.6 Å². The molecule has 2 N–H and O–H groups in total. The van der Waals surface area contributed by atoms with E-state index in [0.29, 0.717) is 11.4 Å². The highest BCUT2D eigenvalue weighted by atomic mass is 32.2. The van der Waals surface area contributed by atoms with Crippen molar-refractivity contribution in [2.45, 2.75) is 4.90 Å². The quantitative estimate of drug-likeness (QED) is 0.490. The van der Waals surface area contributed by atoms with Gasteiger partial charge in [0.2, 0.25) is 0 Å². The molecule has 0 unspecified atom stereocenters. The maximum Gasteiger partial charge on any atom is 0.175 e. The average Bonchev–Trinajstić information content (AvgIpc) is 2.67. The molecule has 1 saturated heterocycles. The van der Waals surface area contributed by atoms with Crippen molar-refractivity contribution in [1.82, 2.24) is 4.90 Å². The van der Waals surface area contributed by atoms with Gasteiger partial charge in [-0.1, -0.05) is 30.3 Å². The Morgan fingerprint density at radius 3 is 2.15 bits per heavy atom. The molecule has 7 heteroatoms. The van der Waals surface area contributed by atoms with Gasteiger partial charge < -0.3 is 10.7 Å². The smallest absolute Gasteiger partial charge is 0.175 e. The molecule has 1 aliphatic rings. The Balaban J connectivity index is 1.61. The molecule has 0 radical (unpaired) electrons. The van der Waals surface area contributed by atoms with E-state index in [1.165, 1.54) is 11.9 Å². The van der Waals surface area contributed by atoms with Gasteiger partial charge in [-0.3, -0.25) is 4.90 Å². The third-order valence-corrected chi connectivity index (χ3v) is 5.77. The first-order chi connectivity index (χ1) is 12.5. The number of hydrazone groups is 1. The van der Waals surface area contributed by atoms with E-state index in [2.05, 4.69) is 39.2 Å². The predicted octanol–water partition coefficient (Wildman–Crippen LogP) is 1.58. The maximum atomic E-state index is 11.6. The van der Waals surface area contributed by atoms with E-state index < -0.39 is 9.84 Å². The Labute approximate surface area is 154 Å². The molecule has 3 rings (SSSR count). The average molecular weight is 372 g/mol. The number of nitrogens with two attached hydrogens (primary N) is 1. The Hall–Kier alpha value is -2.38. The van der Waals surface area contributed by atoms with E-state index in [1.807, 2.05) is 6.07 Å². The van der Waals surface area contributed by atoms with Crippen LogP contribution in [-0.2, 0) is 9.84 Å². The largest absolute Gasteiger partial charge is 0.369 e. The highest BCUT2D eigenvalue weighted by Crippen LogP contribution is 2.16. The van der Waals surface area contributed by atoms with Gasteiger partial charge in [0.25, 0.3) is 0 Å². The van der Waals surface area contributed by atoms with Crippen molar-refractivity contribution < 1.29 is 8.42 Å². The van der Waals surface area contributed by atoms with Crippen molar-refractivity contribution in [1.29, 1.82) is 0 Å². The number of para-hydroxylation sites is 1. The van der Waals surface area contributed by atoms with Crippen molar-refractivity contribution >= 4 is 21.2 Å². The van der Waals surface area contributed by atoms with E-state index >= 15 is 0 Å². The van der Waals surface area contributed by atoms with Crippen LogP contribution in [0.1, 0.15) is 5.56 Å². The summed E-state index contributed by atoms with van der Waals surface area (Å²) in [5, 5.41) is 3.93. The van der Waals surface area contributed by atoms with Gasteiger partial charge in [-0.2, -0.15) is 5.10 Å². The molecule has 0 saturated carbocycles. The lowest BCUT2D eigenvalue weighted by atomic mass is 10.1. The lowest BCUT2D eigenvalue weighted by Crippen LogP contribution is -2.48. The summed E-state index contributed by atoms with van der Waals surface area (Å²) in [6.07, 6.45) is 1.20. The second-order valence-corrected chi connectivity index (χ2v) is 8.49. The van der Waals surface area contributed by atoms with Gasteiger partial charge >= 0.3 is 0 Å². The Bertz CT molecular complexity index is 856. The molecule has 26 heavy (non-hydrogen) atoms. The Kier molecular flexibility index (Phi) is 5.58. The van der Waals surface area contributed by atoms with Crippen molar-refractivity contribution in [3.05, 3.63) is 60.2 Å². The highest BCUT2D eigenvalue weighted by Gasteiger charge is 2.19. The molecule has 0 aliphatic carbocycles. The molecule has 2 aromatic rings. The first kappa shape index (κ1) is 18.4. The van der Waals surface area contributed by atoms with Crippen LogP contribution in [0.4, 0.5) is 5.69 Å². The lowest BCUT2D eigenvalue weighted by Gasteiger charge is -2.36. The van der Waals surface area contributed by atoms with Gasteiger partial charge in [0, 0.05) is 44.7 Å². The number of anilines is 1. The van der Waals surface area contributed by atoms with E-state index in [4.69, 9.17) is 5.84 Å². The monoisotopic (exact) mass is 372 g/mol. The molecule has 1 fully saturated rings. The van der Waals surface area contributed by atoms with Crippen LogP contribution < -0.4 is 10.7 Å². The second-order valence-electron chi connectivity index (χ2n) is 6.47. The fourth-order valence-corrected chi connectivity index (χ4v) is 3.75. The van der Waals surface area contributed by atoms with Crippen LogP contribution in [0.3, 0.4) is 0 Å². The zero-order valence-electron chi connectivity index (χ0n) is 14.9. The summed E-state index contributed by atoms with van der Waals surface area (Å²) in [6.45, 7) is 4.41. The first-order valence-corrected chi connectivity index (χ1v) is 10.5. The molecule has 1 aliphatic heterocycles. The molecule has 0 atom stereocenters. The summed E-state index contributed by atoms with van der Waals surface area (Å²) in [5.74, 6) is 5.60. The molecular formula is C19H24N4O2S. The van der Waals surface area contributed by atoms with Crippen molar-refractivity contribution in [3.63, 3.8) is 0 Å². The molecule has 6 nitrogen and oxygen atoms in total. The minimum Gasteiger partial charge on any atom is -0.369 e. The number of benzene rings is 2. The second kappa shape index (κ2) is 7.88. The summed E-state index contributed by atoms with van der Waals surface area (Å²) in [5.41, 5.74) is 2.86. The van der Waals surface area contributed by atoms with E-state index in [9.17, 15) is 8.42 Å². The Morgan fingerprint density at radius 1 is 1.00 bits per heavy atom. The number of nitrogens with zero attached hydrogens (tertiary/aromatic N) is 3. The molecule has 1 heterocycles. The topological polar surface area (TPSA) is 79.0 Å². The van der Waals surface area contributed by atoms with Gasteiger partial charge in [-0.25, -0.2) is 8.42 Å². The van der Waals surface area contributed by atoms with Gasteiger partial charge in [-0.05, 0) is 29.8 Å². The molecular weight excluding hydrogens is 348 g/mol. The molecule has 0 amide bonds. The van der Waals surface area contributed by atoms with Crippen molar-refractivity contribution in [3.8, 4) is 0 Å². The highest BCUT2D eigenvalue weighted by molar-refractivity contribution is 7.90. The molecule has 0 bridgehead atoms. The van der Waals surface area contributed by atoms with Crippen LogP contribution in [0.5, 0.6) is 0 Å². The number of hydrogen-bond acceptors (Lipinski definition) is 6. The minimum atomic E-state index is -3.20. The SMILES string of the molecule is CS(=O)(=O)c1ccc(C(CN2CCN(c3ccccc3)CC2)=NN)cc1. The van der Waals surface area contributed by atoms with Crippen LogP contribution in [-0.4, -0.2) is 58.0 Å². The van der Waals surface area contributed by atoms with Crippen LogP contribution in [0.15, 0.2) is 64.6 Å². The van der Waals surface area contributed by atoms with Crippen molar-refractivity contribution in [2.75, 3.05) is 43.9 Å². The first-order valence-electron chi connectivity index (χ1n) is 8.57. The summed E-state index contributed by atoms with van der Waals surface area (Å²) >= 11 is 0. The van der Waals surface area contributed by atoms with Crippen LogP contribution in [0.25, 0.3) is 0 Å². The standard InChI is InChI=1S/C19H24N4O2S/c1-26(24,25)18-9-7-16(8-10-18)19(21-20)15-22-11-13-23(14-12-22)17-5-3-2-4-6-17/h2-10H,11-15,20H2,1H3. The summed E-state index contributed by atoms with van der Waals surface area (Å²) in [4.78, 5) is 4.99. The summed E-state index contributed by atoms with van der Waals surface area (Å²) in [7, 11) is -3.20. The van der Waals surface area contributed by atoms with Gasteiger partial charge in [0.15, 0.2) is 9.84 Å². The number of piperazine rings is 1. The number of rotatable bonds is 5. The third kappa shape index (κ3) is 4.42. The van der Waals surface area contributed by atoms with E-state index in [-0.39, 0.29) is 0 Å². The van der Waals surface area contributed by atoms with Crippen LogP contribution in [0, 0.1) is 0 Å². The zero-order chi connectivity index (χ0) is 18.6. The summed E-state index contributed by atoms with van der Waals surface area (Å²) in [6, 6.07) is 17.1. The van der Waals surface area contributed by atoms with Crippen LogP contribution >= 0.6 is 0 Å². The fraction of sp³-hybridized carbons (Fsp3) is 0.316. The fourth-order valence-electron chi connectivity index (χ4n) is 3.12. The molecule has 0 spiro atoms. The van der Waals surface area contributed by atoms with Crippen LogP contribution in [0.2, 0.25) is 0 Å². The number of sulfone groups is 1.